The van der Waals surface area contributed by atoms with Crippen molar-refractivity contribution in [3.63, 3.8) is 0 Å². The van der Waals surface area contributed by atoms with E-state index in [0.717, 1.165) is 39.4 Å². The van der Waals surface area contributed by atoms with E-state index in [0.29, 0.717) is 0 Å². The first kappa shape index (κ1) is 22.0. The summed E-state index contributed by atoms with van der Waals surface area (Å²) in [5.74, 6) is 0. The maximum Gasteiger partial charge on any atom is 0.136 e. The van der Waals surface area contributed by atoms with Gasteiger partial charge in [0.2, 0.25) is 0 Å². The van der Waals surface area contributed by atoms with Gasteiger partial charge in [-0.3, -0.25) is 0 Å². The minimum absolute atomic E-state index is 0.859. The Morgan fingerprint density at radius 2 is 1.27 bits per heavy atom. The van der Waals surface area contributed by atoms with Crippen molar-refractivity contribution in [3.05, 3.63) is 131 Å². The van der Waals surface area contributed by atoms with Crippen LogP contribution in [0.5, 0.6) is 0 Å². The Morgan fingerprint density at radius 3 is 2.12 bits per heavy atom. The molecule has 0 fully saturated rings. The van der Waals surface area contributed by atoms with Gasteiger partial charge >= 0.3 is 0 Å². The van der Waals surface area contributed by atoms with E-state index in [1.807, 2.05) is 29.5 Å². The number of benzene rings is 5. The molecule has 0 bridgehead atoms. The third-order valence-corrected chi connectivity index (χ3v) is 9.26. The maximum absolute atomic E-state index is 6.27. The van der Waals surface area contributed by atoms with Gasteiger partial charge < -0.3 is 8.83 Å². The molecule has 188 valence electrons. The molecule has 0 unspecified atom stereocenters. The lowest BCUT2D eigenvalue weighted by molar-refractivity contribution is 0.574. The van der Waals surface area contributed by atoms with E-state index in [1.54, 1.807) is 0 Å². The average molecular weight is 531 g/mol. The summed E-state index contributed by atoms with van der Waals surface area (Å²) < 4.78 is 15.0. The fourth-order valence-corrected chi connectivity index (χ4v) is 7.37. The molecule has 3 heterocycles. The van der Waals surface area contributed by atoms with Gasteiger partial charge in [-0.25, -0.2) is 0 Å². The van der Waals surface area contributed by atoms with Crippen LogP contribution in [0.1, 0.15) is 12.0 Å². The Balaban J connectivity index is 1.30. The summed E-state index contributed by atoms with van der Waals surface area (Å²) in [6.45, 7) is 0. The largest absolute Gasteiger partial charge is 0.456 e. The summed E-state index contributed by atoms with van der Waals surface area (Å²) in [4.78, 5) is 0. The zero-order valence-electron chi connectivity index (χ0n) is 21.5. The second-order valence-corrected chi connectivity index (χ2v) is 11.5. The summed E-state index contributed by atoms with van der Waals surface area (Å²) in [6.07, 6.45) is 7.53. The molecule has 0 N–H and O–H groups in total. The zero-order chi connectivity index (χ0) is 26.2. The van der Waals surface area contributed by atoms with E-state index in [9.17, 15) is 0 Å². The minimum atomic E-state index is 0.859. The Bertz CT molecular complexity index is 2460. The van der Waals surface area contributed by atoms with Crippen molar-refractivity contribution in [1.82, 2.24) is 0 Å². The van der Waals surface area contributed by atoms with Gasteiger partial charge in [0.25, 0.3) is 0 Å². The molecule has 0 atom stereocenters. The van der Waals surface area contributed by atoms with E-state index >= 15 is 0 Å². The Morgan fingerprint density at radius 1 is 0.575 bits per heavy atom. The van der Waals surface area contributed by atoms with Crippen LogP contribution in [0.3, 0.4) is 0 Å². The SMILES string of the molecule is C1=CC(c2ccc3sc4ccc(-c5cccc6oc7ccccc7c56)cc4c3c2)=c2c(oc3ccccc23)=CC1. The Kier molecular flexibility index (Phi) is 4.58. The fraction of sp³-hybridized carbons (Fsp3) is 0.0270. The highest BCUT2D eigenvalue weighted by Gasteiger charge is 2.15. The molecule has 0 saturated carbocycles. The number of allylic oxidation sites excluding steroid dienone is 2. The highest BCUT2D eigenvalue weighted by molar-refractivity contribution is 7.25. The number of thiophene rings is 1. The first-order valence-electron chi connectivity index (χ1n) is 13.6. The van der Waals surface area contributed by atoms with Gasteiger partial charge in [-0.2, -0.15) is 0 Å². The number of hydrogen-bond donors (Lipinski definition) is 0. The lowest BCUT2D eigenvalue weighted by atomic mass is 9.96. The smallest absolute Gasteiger partial charge is 0.136 e. The predicted molar refractivity (Wildman–Crippen MR) is 168 cm³/mol. The van der Waals surface area contributed by atoms with Crippen molar-refractivity contribution in [3.8, 4) is 11.1 Å². The third-order valence-electron chi connectivity index (χ3n) is 8.11. The van der Waals surface area contributed by atoms with Crippen LogP contribution in [0.4, 0.5) is 0 Å². The quantitative estimate of drug-likeness (QED) is 0.223. The summed E-state index contributed by atoms with van der Waals surface area (Å²) in [5, 5.41) is 7.24. The van der Waals surface area contributed by atoms with E-state index in [-0.39, 0.29) is 0 Å². The first-order chi connectivity index (χ1) is 19.8. The average Bonchev–Trinajstić information content (AvgIpc) is 3.63. The van der Waals surface area contributed by atoms with Crippen LogP contribution in [-0.4, -0.2) is 0 Å². The predicted octanol–water partition coefficient (Wildman–Crippen LogP) is 9.31. The molecular formula is C37H22O2S. The van der Waals surface area contributed by atoms with E-state index in [4.69, 9.17) is 8.83 Å². The zero-order valence-corrected chi connectivity index (χ0v) is 22.3. The van der Waals surface area contributed by atoms with Crippen molar-refractivity contribution in [2.75, 3.05) is 0 Å². The second-order valence-electron chi connectivity index (χ2n) is 10.4. The molecule has 0 radical (unpaired) electrons. The molecule has 40 heavy (non-hydrogen) atoms. The lowest BCUT2D eigenvalue weighted by Gasteiger charge is -2.06. The van der Waals surface area contributed by atoms with E-state index < -0.39 is 0 Å². The van der Waals surface area contributed by atoms with Crippen LogP contribution in [0.25, 0.3) is 75.9 Å². The highest BCUT2D eigenvalue weighted by Crippen LogP contribution is 2.41. The Hall–Kier alpha value is -4.86. The van der Waals surface area contributed by atoms with E-state index in [2.05, 4.69) is 103 Å². The molecule has 1 aliphatic rings. The van der Waals surface area contributed by atoms with Crippen LogP contribution < -0.4 is 10.6 Å². The summed E-state index contributed by atoms with van der Waals surface area (Å²) in [7, 11) is 0. The van der Waals surface area contributed by atoms with Gasteiger partial charge in [0.1, 0.15) is 22.2 Å². The van der Waals surface area contributed by atoms with Crippen LogP contribution in [-0.2, 0) is 0 Å². The number of rotatable bonds is 2. The topological polar surface area (TPSA) is 26.3 Å². The van der Waals surface area contributed by atoms with Gasteiger partial charge in [0.15, 0.2) is 0 Å². The van der Waals surface area contributed by atoms with Gasteiger partial charge in [-0.05, 0) is 77.2 Å². The van der Waals surface area contributed by atoms with Crippen LogP contribution >= 0.6 is 11.3 Å². The standard InChI is InChI=1S/C37H22O2S/c1-6-14-32-36(26-9-2-4-12-30(26)38-32)24(8-1)22-16-18-34-28(20-22)29-21-23(17-19-35(29)40-34)25-11-7-15-33-37(25)27-10-3-5-13-31(27)39-33/h1-5,7-21H,6H2. The third kappa shape index (κ3) is 3.16. The van der Waals surface area contributed by atoms with Gasteiger partial charge in [0, 0.05) is 41.5 Å². The second kappa shape index (κ2) is 8.32. The van der Waals surface area contributed by atoms with Crippen molar-refractivity contribution < 1.29 is 8.83 Å². The molecule has 0 spiro atoms. The molecule has 3 aromatic heterocycles. The van der Waals surface area contributed by atoms with Crippen molar-refractivity contribution in [1.29, 1.82) is 0 Å². The van der Waals surface area contributed by atoms with Crippen LogP contribution in [0.15, 0.2) is 124 Å². The van der Waals surface area contributed by atoms with Gasteiger partial charge in [-0.1, -0.05) is 72.8 Å². The van der Waals surface area contributed by atoms with Crippen LogP contribution in [0, 0.1) is 0 Å². The molecule has 0 saturated heterocycles. The first-order valence-corrected chi connectivity index (χ1v) is 14.4. The van der Waals surface area contributed by atoms with Crippen LogP contribution in [0.2, 0.25) is 0 Å². The molecule has 0 amide bonds. The molecular weight excluding hydrogens is 508 g/mol. The normalized spacial score (nSPS) is 13.4. The lowest BCUT2D eigenvalue weighted by Crippen LogP contribution is -2.22. The molecule has 9 rings (SSSR count). The molecule has 5 aromatic carbocycles. The molecule has 3 heteroatoms. The maximum atomic E-state index is 6.27. The summed E-state index contributed by atoms with van der Waals surface area (Å²) >= 11 is 1.85. The summed E-state index contributed by atoms with van der Waals surface area (Å²) in [6, 6.07) is 36.8. The van der Waals surface area contributed by atoms with Crippen molar-refractivity contribution in [2.45, 2.75) is 6.42 Å². The number of hydrogen-bond acceptors (Lipinski definition) is 3. The van der Waals surface area contributed by atoms with Gasteiger partial charge in [0.05, 0.1) is 0 Å². The fourth-order valence-electron chi connectivity index (χ4n) is 6.30. The number of fused-ring (bicyclic) bond motifs is 9. The number of para-hydroxylation sites is 2. The highest BCUT2D eigenvalue weighted by atomic mass is 32.1. The molecule has 0 aliphatic heterocycles. The number of furan rings is 2. The van der Waals surface area contributed by atoms with E-state index in [1.165, 1.54) is 53.0 Å². The molecule has 8 aromatic rings. The Labute approximate surface area is 233 Å². The monoisotopic (exact) mass is 530 g/mol. The van der Waals surface area contributed by atoms with Crippen molar-refractivity contribution in [2.24, 2.45) is 0 Å². The van der Waals surface area contributed by atoms with Crippen molar-refractivity contribution >= 4 is 76.1 Å². The molecule has 2 nitrogen and oxygen atoms in total. The van der Waals surface area contributed by atoms with Gasteiger partial charge in [-0.15, -0.1) is 11.3 Å². The minimum Gasteiger partial charge on any atom is -0.456 e. The molecule has 1 aliphatic carbocycles. The summed E-state index contributed by atoms with van der Waals surface area (Å²) in [5.41, 5.74) is 8.56.